The topological polar surface area (TPSA) is 128 Å². The van der Waals surface area contributed by atoms with E-state index in [0.29, 0.717) is 0 Å². The molecule has 2 rings (SSSR count). The van der Waals surface area contributed by atoms with Crippen molar-refractivity contribution in [3.63, 3.8) is 0 Å². The number of rotatable bonds is 2. The molecule has 0 aliphatic carbocycles. The predicted octanol–water partition coefficient (Wildman–Crippen LogP) is -3.08. The summed E-state index contributed by atoms with van der Waals surface area (Å²) in [4.78, 5) is 22.5. The summed E-state index contributed by atoms with van der Waals surface area (Å²) in [5.74, 6) is -1.94. The smallest absolute Gasteiger partial charge is 0.321 e. The molecule has 17 heavy (non-hydrogen) atoms. The van der Waals surface area contributed by atoms with Crippen LogP contribution >= 0.6 is 0 Å². The zero-order valence-electron chi connectivity index (χ0n) is 9.79. The van der Waals surface area contributed by atoms with Crippen LogP contribution in [-0.4, -0.2) is 64.8 Å². The standard InChI is InChI=1S/C9H14N2O6/c12-2-4-5(13)6(14)7(17-4)3-1-10-9(16)11-8(3)15/h3-7,12-14H,1-2H2,(H2,10,11,15,16)/t3?,4-,5-,6-,7+/m1/s1/i7D. The van der Waals surface area contributed by atoms with E-state index in [-0.39, 0.29) is 6.54 Å². The van der Waals surface area contributed by atoms with E-state index in [1.807, 2.05) is 5.32 Å². The van der Waals surface area contributed by atoms with Gasteiger partial charge in [0, 0.05) is 6.54 Å². The number of aliphatic hydroxyl groups excluding tert-OH is 3. The first kappa shape index (κ1) is 10.9. The number of imide groups is 1. The normalized spacial score (nSPS) is 47.4. The number of urea groups is 1. The summed E-state index contributed by atoms with van der Waals surface area (Å²) in [6.07, 6.45) is -6.36. The van der Waals surface area contributed by atoms with Crippen molar-refractivity contribution in [3.05, 3.63) is 0 Å². The average molecular weight is 247 g/mol. The fraction of sp³-hybridized carbons (Fsp3) is 0.778. The van der Waals surface area contributed by atoms with Crippen molar-refractivity contribution in [1.82, 2.24) is 10.6 Å². The predicted molar refractivity (Wildman–Crippen MR) is 52.8 cm³/mol. The molecule has 0 aromatic rings. The molecule has 1 unspecified atom stereocenters. The molecule has 0 spiro atoms. The van der Waals surface area contributed by atoms with E-state index in [1.165, 1.54) is 0 Å². The highest BCUT2D eigenvalue weighted by atomic mass is 16.6. The fourth-order valence-corrected chi connectivity index (χ4v) is 1.88. The Kier molecular flexibility index (Phi) is 2.93. The number of ether oxygens (including phenoxy) is 1. The maximum Gasteiger partial charge on any atom is 0.321 e. The first-order valence-electron chi connectivity index (χ1n) is 5.63. The first-order valence-corrected chi connectivity index (χ1v) is 5.13. The zero-order chi connectivity index (χ0) is 13.5. The van der Waals surface area contributed by atoms with Gasteiger partial charge >= 0.3 is 6.03 Å². The fourth-order valence-electron chi connectivity index (χ4n) is 1.88. The van der Waals surface area contributed by atoms with Crippen LogP contribution in [0.25, 0.3) is 0 Å². The van der Waals surface area contributed by atoms with Crippen molar-refractivity contribution >= 4 is 11.9 Å². The molecule has 2 aliphatic heterocycles. The third-order valence-corrected chi connectivity index (χ3v) is 2.83. The molecule has 0 bridgehead atoms. The molecule has 3 amide bonds. The van der Waals surface area contributed by atoms with Gasteiger partial charge in [-0.15, -0.1) is 0 Å². The Morgan fingerprint density at radius 3 is 2.65 bits per heavy atom. The molecule has 2 fully saturated rings. The van der Waals surface area contributed by atoms with Crippen LogP contribution < -0.4 is 10.6 Å². The number of nitrogens with one attached hydrogen (secondary N) is 2. The molecule has 2 aliphatic rings. The number of hydrogen-bond acceptors (Lipinski definition) is 6. The van der Waals surface area contributed by atoms with Gasteiger partial charge in [0.2, 0.25) is 5.91 Å². The second-order valence-corrected chi connectivity index (χ2v) is 3.93. The average Bonchev–Trinajstić information content (AvgIpc) is 2.54. The number of aliphatic hydroxyl groups is 3. The molecular formula is C9H14N2O6. The largest absolute Gasteiger partial charge is 0.394 e. The summed E-state index contributed by atoms with van der Waals surface area (Å²) < 4.78 is 13.1. The van der Waals surface area contributed by atoms with Gasteiger partial charge in [0.1, 0.15) is 18.3 Å². The number of carbonyl (C=O) groups is 2. The molecule has 5 atom stereocenters. The molecule has 2 saturated heterocycles. The Bertz CT molecular complexity index is 380. The summed E-state index contributed by atoms with van der Waals surface area (Å²) in [5, 5.41) is 32.6. The minimum Gasteiger partial charge on any atom is -0.394 e. The third-order valence-electron chi connectivity index (χ3n) is 2.83. The highest BCUT2D eigenvalue weighted by Gasteiger charge is 2.49. The minimum absolute atomic E-state index is 0.184. The molecule has 2 heterocycles. The molecule has 5 N–H and O–H groups in total. The van der Waals surface area contributed by atoms with Crippen LogP contribution in [-0.2, 0) is 9.53 Å². The van der Waals surface area contributed by atoms with Crippen LogP contribution in [0.1, 0.15) is 1.37 Å². The number of hydrogen-bond donors (Lipinski definition) is 5. The van der Waals surface area contributed by atoms with Gasteiger partial charge in [0.15, 0.2) is 0 Å². The van der Waals surface area contributed by atoms with Crippen molar-refractivity contribution < 1.29 is 31.0 Å². The second-order valence-electron chi connectivity index (χ2n) is 3.93. The van der Waals surface area contributed by atoms with E-state index in [0.717, 1.165) is 0 Å². The summed E-state index contributed by atoms with van der Waals surface area (Å²) in [5.41, 5.74) is 0. The van der Waals surface area contributed by atoms with Gasteiger partial charge < -0.3 is 25.4 Å². The van der Waals surface area contributed by atoms with Crippen molar-refractivity contribution in [2.45, 2.75) is 24.4 Å². The lowest BCUT2D eigenvalue weighted by Crippen LogP contribution is -2.57. The summed E-state index contributed by atoms with van der Waals surface area (Å²) >= 11 is 0. The molecule has 8 heteroatoms. The monoisotopic (exact) mass is 247 g/mol. The van der Waals surface area contributed by atoms with Gasteiger partial charge in [-0.2, -0.15) is 0 Å². The van der Waals surface area contributed by atoms with Crippen LogP contribution in [0.3, 0.4) is 0 Å². The first-order chi connectivity index (χ1) is 8.40. The van der Waals surface area contributed by atoms with Crippen LogP contribution in [0.4, 0.5) is 4.79 Å². The van der Waals surface area contributed by atoms with E-state index >= 15 is 0 Å². The maximum atomic E-state index is 11.6. The van der Waals surface area contributed by atoms with Crippen LogP contribution in [0.5, 0.6) is 0 Å². The van der Waals surface area contributed by atoms with Crippen molar-refractivity contribution in [2.24, 2.45) is 5.92 Å². The maximum absolute atomic E-state index is 11.6. The van der Waals surface area contributed by atoms with Crippen LogP contribution in [0.15, 0.2) is 0 Å². The van der Waals surface area contributed by atoms with E-state index in [9.17, 15) is 19.8 Å². The Morgan fingerprint density at radius 1 is 1.41 bits per heavy atom. The van der Waals surface area contributed by atoms with Gasteiger partial charge in [0.05, 0.1) is 20.0 Å². The van der Waals surface area contributed by atoms with Crippen molar-refractivity contribution in [1.29, 1.82) is 0 Å². The van der Waals surface area contributed by atoms with Gasteiger partial charge in [0.25, 0.3) is 0 Å². The molecule has 0 aromatic heterocycles. The van der Waals surface area contributed by atoms with Crippen LogP contribution in [0, 0.1) is 5.92 Å². The molecule has 0 radical (unpaired) electrons. The Balaban J connectivity index is 2.21. The van der Waals surface area contributed by atoms with E-state index in [2.05, 4.69) is 5.32 Å². The van der Waals surface area contributed by atoms with Crippen molar-refractivity contribution in [2.75, 3.05) is 13.2 Å². The van der Waals surface area contributed by atoms with Gasteiger partial charge in [-0.1, -0.05) is 0 Å². The molecule has 0 aromatic carbocycles. The van der Waals surface area contributed by atoms with E-state index < -0.39 is 48.9 Å². The number of amides is 3. The van der Waals surface area contributed by atoms with Gasteiger partial charge in [-0.25, -0.2) is 4.79 Å². The van der Waals surface area contributed by atoms with Gasteiger partial charge in [-0.3, -0.25) is 10.1 Å². The quantitative estimate of drug-likeness (QED) is 0.352. The Labute approximate surface area is 98.0 Å². The summed E-state index contributed by atoms with van der Waals surface area (Å²) in [6, 6.07) is -0.688. The molecule has 0 saturated carbocycles. The van der Waals surface area contributed by atoms with Gasteiger partial charge in [-0.05, 0) is 0 Å². The lowest BCUT2D eigenvalue weighted by atomic mass is 9.94. The lowest BCUT2D eigenvalue weighted by Gasteiger charge is -2.28. The van der Waals surface area contributed by atoms with Crippen LogP contribution in [0.2, 0.25) is 0 Å². The number of carbonyl (C=O) groups excluding carboxylic acids is 2. The highest BCUT2D eigenvalue weighted by molar-refractivity contribution is 5.98. The molecular weight excluding hydrogens is 232 g/mol. The Morgan fingerprint density at radius 2 is 2.12 bits per heavy atom. The highest BCUT2D eigenvalue weighted by Crippen LogP contribution is 2.27. The minimum atomic E-state index is -2.11. The van der Waals surface area contributed by atoms with E-state index in [1.54, 1.807) is 0 Å². The SMILES string of the molecule is [2H][C@@]1(C2CNC(=O)NC2=O)O[C@H](CO)[C@@H](O)[C@H]1O. The third kappa shape index (κ3) is 2.12. The van der Waals surface area contributed by atoms with Crippen molar-refractivity contribution in [3.8, 4) is 0 Å². The summed E-state index contributed by atoms with van der Waals surface area (Å²) in [7, 11) is 0. The lowest BCUT2D eigenvalue weighted by molar-refractivity contribution is -0.132. The zero-order valence-corrected chi connectivity index (χ0v) is 8.79. The van der Waals surface area contributed by atoms with E-state index in [4.69, 9.17) is 11.2 Å². The second kappa shape index (κ2) is 4.57. The Hall–Kier alpha value is -1.22. The summed E-state index contributed by atoms with van der Waals surface area (Å²) in [6.45, 7) is -0.768. The molecule has 96 valence electrons. The molecule has 8 nitrogen and oxygen atoms in total.